The van der Waals surface area contributed by atoms with Gasteiger partial charge in [-0.05, 0) is 26.0 Å². The van der Waals surface area contributed by atoms with Crippen molar-refractivity contribution in [2.75, 3.05) is 6.54 Å². The number of carbonyl (C=O) groups is 1. The Kier molecular flexibility index (Phi) is 5.35. The first-order chi connectivity index (χ1) is 10.1. The summed E-state index contributed by atoms with van der Waals surface area (Å²) in [5.41, 5.74) is 6.15. The molecule has 1 aromatic carbocycles. The third-order valence-corrected chi connectivity index (χ3v) is 3.84. The molecule has 0 radical (unpaired) electrons. The van der Waals surface area contributed by atoms with Gasteiger partial charge in [-0.25, -0.2) is 0 Å². The van der Waals surface area contributed by atoms with Crippen LogP contribution in [0.4, 0.5) is 0 Å². The van der Waals surface area contributed by atoms with E-state index in [0.717, 1.165) is 4.90 Å². The van der Waals surface area contributed by atoms with Crippen LogP contribution in [-0.2, 0) is 5.75 Å². The van der Waals surface area contributed by atoms with E-state index in [4.69, 9.17) is 10.3 Å². The highest BCUT2D eigenvalue weighted by Crippen LogP contribution is 2.25. The van der Waals surface area contributed by atoms with Crippen LogP contribution < -0.4 is 11.1 Å². The molecule has 0 saturated heterocycles. The first kappa shape index (κ1) is 15.5. The molecule has 21 heavy (non-hydrogen) atoms. The molecule has 0 aliphatic carbocycles. The van der Waals surface area contributed by atoms with Crippen LogP contribution in [0.1, 0.15) is 29.0 Å². The first-order valence-corrected chi connectivity index (χ1v) is 7.60. The van der Waals surface area contributed by atoms with Crippen molar-refractivity contribution in [2.45, 2.75) is 30.5 Å². The largest absolute Gasteiger partial charge is 0.348 e. The molecule has 1 amide bonds. The zero-order valence-corrected chi connectivity index (χ0v) is 12.8. The van der Waals surface area contributed by atoms with Crippen molar-refractivity contribution < 1.29 is 9.32 Å². The lowest BCUT2D eigenvalue weighted by molar-refractivity contribution is 0.0938. The lowest BCUT2D eigenvalue weighted by Gasteiger charge is -2.13. The molecular weight excluding hydrogens is 288 g/mol. The SMILES string of the molecule is Cc1noc(CSc2ccccc2C(=O)N[C@@H](C)CN)n1. The Morgan fingerprint density at radius 2 is 2.24 bits per heavy atom. The van der Waals surface area contributed by atoms with Gasteiger partial charge in [0.05, 0.1) is 11.3 Å². The van der Waals surface area contributed by atoms with Gasteiger partial charge in [0.25, 0.3) is 5.91 Å². The lowest BCUT2D eigenvalue weighted by atomic mass is 10.2. The van der Waals surface area contributed by atoms with Gasteiger partial charge in [-0.1, -0.05) is 17.3 Å². The van der Waals surface area contributed by atoms with Crippen molar-refractivity contribution in [3.8, 4) is 0 Å². The molecule has 1 aromatic heterocycles. The van der Waals surface area contributed by atoms with Crippen molar-refractivity contribution >= 4 is 17.7 Å². The normalized spacial score (nSPS) is 12.1. The maximum atomic E-state index is 12.2. The molecule has 1 heterocycles. The van der Waals surface area contributed by atoms with E-state index in [1.807, 2.05) is 25.1 Å². The highest BCUT2D eigenvalue weighted by atomic mass is 32.2. The third kappa shape index (κ3) is 4.30. The maximum absolute atomic E-state index is 12.2. The smallest absolute Gasteiger partial charge is 0.252 e. The van der Waals surface area contributed by atoms with Crippen molar-refractivity contribution in [1.29, 1.82) is 0 Å². The fourth-order valence-corrected chi connectivity index (χ4v) is 2.57. The van der Waals surface area contributed by atoms with E-state index >= 15 is 0 Å². The number of benzene rings is 1. The standard InChI is InChI=1S/C14H18N4O2S/c1-9(7-15)16-14(19)11-5-3-4-6-12(11)21-8-13-17-10(2)18-20-13/h3-6,9H,7-8,15H2,1-2H3,(H,16,19)/t9-/m0/s1. The highest BCUT2D eigenvalue weighted by Gasteiger charge is 2.14. The van der Waals surface area contributed by atoms with Crippen LogP contribution >= 0.6 is 11.8 Å². The number of thioether (sulfide) groups is 1. The average molecular weight is 306 g/mol. The molecule has 0 spiro atoms. The molecule has 0 saturated carbocycles. The Morgan fingerprint density at radius 3 is 2.90 bits per heavy atom. The van der Waals surface area contributed by atoms with Gasteiger partial charge in [-0.15, -0.1) is 11.8 Å². The predicted octanol–water partition coefficient (Wildman–Crippen LogP) is 1.75. The number of hydrogen-bond donors (Lipinski definition) is 2. The summed E-state index contributed by atoms with van der Waals surface area (Å²) < 4.78 is 5.07. The number of rotatable bonds is 6. The minimum atomic E-state index is -0.127. The van der Waals surface area contributed by atoms with Gasteiger partial charge in [0.1, 0.15) is 0 Å². The Labute approximate surface area is 127 Å². The number of aromatic nitrogens is 2. The van der Waals surface area contributed by atoms with Crippen LogP contribution in [0.25, 0.3) is 0 Å². The third-order valence-electron chi connectivity index (χ3n) is 2.78. The molecule has 0 aliphatic rings. The second kappa shape index (κ2) is 7.24. The van der Waals surface area contributed by atoms with Crippen molar-refractivity contribution in [1.82, 2.24) is 15.5 Å². The molecule has 112 valence electrons. The van der Waals surface area contributed by atoms with Crippen LogP contribution in [-0.4, -0.2) is 28.6 Å². The quantitative estimate of drug-likeness (QED) is 0.790. The van der Waals surface area contributed by atoms with E-state index in [1.54, 1.807) is 13.0 Å². The molecule has 7 heteroatoms. The Hall–Kier alpha value is -1.86. The number of nitrogens with one attached hydrogen (secondary N) is 1. The molecule has 2 aromatic rings. The summed E-state index contributed by atoms with van der Waals surface area (Å²) in [4.78, 5) is 17.2. The topological polar surface area (TPSA) is 94.0 Å². The maximum Gasteiger partial charge on any atom is 0.252 e. The summed E-state index contributed by atoms with van der Waals surface area (Å²) in [6, 6.07) is 7.36. The number of aryl methyl sites for hydroxylation is 1. The molecule has 1 atom stereocenters. The van der Waals surface area contributed by atoms with Crippen LogP contribution in [0.15, 0.2) is 33.7 Å². The highest BCUT2D eigenvalue weighted by molar-refractivity contribution is 7.98. The van der Waals surface area contributed by atoms with Gasteiger partial charge >= 0.3 is 0 Å². The van der Waals surface area contributed by atoms with Gasteiger partial charge in [0, 0.05) is 17.5 Å². The van der Waals surface area contributed by atoms with Crippen molar-refractivity contribution in [3.05, 3.63) is 41.5 Å². The van der Waals surface area contributed by atoms with Crippen molar-refractivity contribution in [3.63, 3.8) is 0 Å². The van der Waals surface area contributed by atoms with E-state index in [-0.39, 0.29) is 11.9 Å². The summed E-state index contributed by atoms with van der Waals surface area (Å²) in [7, 11) is 0. The number of carbonyl (C=O) groups excluding carboxylic acids is 1. The fraction of sp³-hybridized carbons (Fsp3) is 0.357. The van der Waals surface area contributed by atoms with Gasteiger partial charge in [0.2, 0.25) is 5.89 Å². The minimum Gasteiger partial charge on any atom is -0.348 e. The van der Waals surface area contributed by atoms with Gasteiger partial charge in [-0.3, -0.25) is 4.79 Å². The van der Waals surface area contributed by atoms with Crippen molar-refractivity contribution in [2.24, 2.45) is 5.73 Å². The van der Waals surface area contributed by atoms with Crippen LogP contribution in [0.2, 0.25) is 0 Å². The molecule has 2 rings (SSSR count). The van der Waals surface area contributed by atoms with Crippen LogP contribution in [0.5, 0.6) is 0 Å². The molecule has 6 nitrogen and oxygen atoms in total. The van der Waals surface area contributed by atoms with E-state index in [9.17, 15) is 4.79 Å². The van der Waals surface area contributed by atoms with E-state index in [2.05, 4.69) is 15.5 Å². The van der Waals surface area contributed by atoms with E-state index in [0.29, 0.717) is 29.6 Å². The molecule has 3 N–H and O–H groups in total. The zero-order chi connectivity index (χ0) is 15.2. The Bertz CT molecular complexity index is 615. The summed E-state index contributed by atoms with van der Waals surface area (Å²) in [5, 5.41) is 6.60. The summed E-state index contributed by atoms with van der Waals surface area (Å²) in [5.74, 6) is 1.55. The Balaban J connectivity index is 2.07. The Morgan fingerprint density at radius 1 is 1.48 bits per heavy atom. The monoisotopic (exact) mass is 306 g/mol. The van der Waals surface area contributed by atoms with E-state index < -0.39 is 0 Å². The fourth-order valence-electron chi connectivity index (χ4n) is 1.68. The second-order valence-corrected chi connectivity index (χ2v) is 5.65. The zero-order valence-electron chi connectivity index (χ0n) is 12.0. The minimum absolute atomic E-state index is 0.0610. The second-order valence-electron chi connectivity index (χ2n) is 4.63. The number of amides is 1. The number of hydrogen-bond acceptors (Lipinski definition) is 6. The number of nitrogens with zero attached hydrogens (tertiary/aromatic N) is 2. The molecule has 0 unspecified atom stereocenters. The van der Waals surface area contributed by atoms with Gasteiger partial charge < -0.3 is 15.6 Å². The molecule has 0 bridgehead atoms. The molecule has 0 aliphatic heterocycles. The number of nitrogens with two attached hydrogens (primary N) is 1. The summed E-state index contributed by atoms with van der Waals surface area (Å²) >= 11 is 1.49. The van der Waals surface area contributed by atoms with Crippen LogP contribution in [0, 0.1) is 6.92 Å². The summed E-state index contributed by atoms with van der Waals surface area (Å²) in [6.45, 7) is 4.05. The molecule has 0 fully saturated rings. The molecular formula is C14H18N4O2S. The average Bonchev–Trinajstić information content (AvgIpc) is 2.90. The lowest BCUT2D eigenvalue weighted by Crippen LogP contribution is -2.37. The summed E-state index contributed by atoms with van der Waals surface area (Å²) in [6.07, 6.45) is 0. The van der Waals surface area contributed by atoms with Gasteiger partial charge in [0.15, 0.2) is 5.82 Å². The predicted molar refractivity (Wildman–Crippen MR) is 81.0 cm³/mol. The van der Waals surface area contributed by atoms with E-state index in [1.165, 1.54) is 11.8 Å². The first-order valence-electron chi connectivity index (χ1n) is 6.62. The van der Waals surface area contributed by atoms with Crippen LogP contribution in [0.3, 0.4) is 0 Å². The van der Waals surface area contributed by atoms with Gasteiger partial charge in [-0.2, -0.15) is 4.98 Å².